The molecule has 0 fully saturated rings. The Morgan fingerprint density at radius 1 is 1.03 bits per heavy atom. The van der Waals surface area contributed by atoms with Gasteiger partial charge < -0.3 is 18.9 Å². The lowest BCUT2D eigenvalue weighted by molar-refractivity contribution is 0.0899. The first-order valence-corrected chi connectivity index (χ1v) is 13.9. The summed E-state index contributed by atoms with van der Waals surface area (Å²) in [5, 5.41) is 1.05. The Hall–Kier alpha value is -2.15. The summed E-state index contributed by atoms with van der Waals surface area (Å²) in [6.07, 6.45) is 3.96. The van der Waals surface area contributed by atoms with Crippen molar-refractivity contribution in [3.05, 3.63) is 48.8 Å². The standard InChI is InChI=1S/C23H33N3O2Si/c1-25(2)13-14-28-21-11-12-24-23-22(21)20(19-9-7-6-8-10-19)17-26(23)18-27-15-16-29(3,4)5/h6-12,17H,13-16,18H2,1-5H3. The molecule has 3 aromatic rings. The Bertz CT molecular complexity index is 917. The molecular weight excluding hydrogens is 378 g/mol. The van der Waals surface area contributed by atoms with Gasteiger partial charge in [-0.2, -0.15) is 0 Å². The average Bonchev–Trinajstić information content (AvgIpc) is 3.05. The largest absolute Gasteiger partial charge is 0.491 e. The molecular formula is C23H33N3O2Si. The summed E-state index contributed by atoms with van der Waals surface area (Å²) in [5.74, 6) is 0.872. The van der Waals surface area contributed by atoms with Gasteiger partial charge in [0.05, 0.1) is 5.39 Å². The molecule has 0 saturated carbocycles. The number of ether oxygens (including phenoxy) is 2. The van der Waals surface area contributed by atoms with Crippen molar-refractivity contribution >= 4 is 19.1 Å². The SMILES string of the molecule is CN(C)CCOc1ccnc2c1c(-c1ccccc1)cn2COCC[Si](C)(C)C. The van der Waals surface area contributed by atoms with Crippen LogP contribution in [0.5, 0.6) is 5.75 Å². The first-order valence-electron chi connectivity index (χ1n) is 10.2. The maximum atomic E-state index is 6.15. The molecule has 0 aliphatic rings. The highest BCUT2D eigenvalue weighted by molar-refractivity contribution is 6.76. The van der Waals surface area contributed by atoms with Gasteiger partial charge in [-0.05, 0) is 31.8 Å². The number of likely N-dealkylation sites (N-methyl/N-ethyl adjacent to an activating group) is 1. The maximum absolute atomic E-state index is 6.15. The summed E-state index contributed by atoms with van der Waals surface area (Å²) in [6.45, 7) is 9.90. The fourth-order valence-corrected chi connectivity index (χ4v) is 3.88. The van der Waals surface area contributed by atoms with Gasteiger partial charge in [-0.15, -0.1) is 0 Å². The summed E-state index contributed by atoms with van der Waals surface area (Å²) < 4.78 is 14.3. The monoisotopic (exact) mass is 411 g/mol. The van der Waals surface area contributed by atoms with E-state index in [2.05, 4.69) is 78.6 Å². The lowest BCUT2D eigenvalue weighted by atomic mass is 10.1. The third-order valence-electron chi connectivity index (χ3n) is 4.83. The zero-order chi connectivity index (χ0) is 20.9. The van der Waals surface area contributed by atoms with Gasteiger partial charge in [-0.1, -0.05) is 50.0 Å². The van der Waals surface area contributed by atoms with E-state index in [1.54, 1.807) is 0 Å². The van der Waals surface area contributed by atoms with Gasteiger partial charge in [0.2, 0.25) is 0 Å². The molecule has 6 heteroatoms. The topological polar surface area (TPSA) is 39.5 Å². The Morgan fingerprint density at radius 2 is 1.79 bits per heavy atom. The summed E-state index contributed by atoms with van der Waals surface area (Å²) in [7, 11) is 3.00. The molecule has 0 atom stereocenters. The number of aromatic nitrogens is 2. The van der Waals surface area contributed by atoms with Crippen LogP contribution in [0.3, 0.4) is 0 Å². The van der Waals surface area contributed by atoms with Crippen LogP contribution in [0.25, 0.3) is 22.2 Å². The predicted octanol–water partition coefficient (Wildman–Crippen LogP) is 4.96. The van der Waals surface area contributed by atoms with E-state index in [0.717, 1.165) is 47.1 Å². The summed E-state index contributed by atoms with van der Waals surface area (Å²) in [4.78, 5) is 6.78. The van der Waals surface area contributed by atoms with Gasteiger partial charge >= 0.3 is 0 Å². The van der Waals surface area contributed by atoms with Crippen molar-refractivity contribution in [2.75, 3.05) is 33.9 Å². The lowest BCUT2D eigenvalue weighted by Gasteiger charge is -2.15. The molecule has 5 nitrogen and oxygen atoms in total. The van der Waals surface area contributed by atoms with Crippen molar-refractivity contribution in [1.29, 1.82) is 0 Å². The molecule has 0 aliphatic carbocycles. The quantitative estimate of drug-likeness (QED) is 0.349. The van der Waals surface area contributed by atoms with E-state index in [1.165, 1.54) is 0 Å². The van der Waals surface area contributed by atoms with Crippen molar-refractivity contribution in [3.63, 3.8) is 0 Å². The molecule has 0 bridgehead atoms. The number of pyridine rings is 1. The molecule has 0 amide bonds. The normalized spacial score (nSPS) is 12.1. The van der Waals surface area contributed by atoms with Crippen molar-refractivity contribution in [3.8, 4) is 16.9 Å². The smallest absolute Gasteiger partial charge is 0.146 e. The first kappa shape index (κ1) is 21.6. The van der Waals surface area contributed by atoms with Crippen LogP contribution in [0.15, 0.2) is 48.8 Å². The zero-order valence-corrected chi connectivity index (χ0v) is 19.3. The van der Waals surface area contributed by atoms with Gasteiger partial charge in [0.25, 0.3) is 0 Å². The molecule has 29 heavy (non-hydrogen) atoms. The number of nitrogens with zero attached hydrogens (tertiary/aromatic N) is 3. The molecule has 156 valence electrons. The second-order valence-electron chi connectivity index (χ2n) is 8.89. The van der Waals surface area contributed by atoms with E-state index >= 15 is 0 Å². The second kappa shape index (κ2) is 9.56. The van der Waals surface area contributed by atoms with Crippen LogP contribution in [0.2, 0.25) is 25.7 Å². The van der Waals surface area contributed by atoms with Crippen LogP contribution in [0.4, 0.5) is 0 Å². The number of fused-ring (bicyclic) bond motifs is 1. The molecule has 0 N–H and O–H groups in total. The van der Waals surface area contributed by atoms with Crippen molar-refractivity contribution in [2.45, 2.75) is 32.4 Å². The van der Waals surface area contributed by atoms with Gasteiger partial charge in [-0.3, -0.25) is 0 Å². The van der Waals surface area contributed by atoms with Gasteiger partial charge in [0, 0.05) is 39.2 Å². The van der Waals surface area contributed by atoms with Crippen LogP contribution in [0, 0.1) is 0 Å². The Morgan fingerprint density at radius 3 is 2.48 bits per heavy atom. The molecule has 3 rings (SSSR count). The Kier molecular flexibility index (Phi) is 7.11. The number of rotatable bonds is 10. The third-order valence-corrected chi connectivity index (χ3v) is 6.53. The van der Waals surface area contributed by atoms with Crippen LogP contribution < -0.4 is 4.74 Å². The molecule has 1 aromatic carbocycles. The molecule has 0 radical (unpaired) electrons. The van der Waals surface area contributed by atoms with Gasteiger partial charge in [0.1, 0.15) is 24.7 Å². The first-order chi connectivity index (χ1) is 13.8. The lowest BCUT2D eigenvalue weighted by Crippen LogP contribution is -2.22. The van der Waals surface area contributed by atoms with Crippen LogP contribution >= 0.6 is 0 Å². The molecule has 2 aromatic heterocycles. The second-order valence-corrected chi connectivity index (χ2v) is 14.5. The van der Waals surface area contributed by atoms with E-state index < -0.39 is 8.07 Å². The fourth-order valence-electron chi connectivity index (χ4n) is 3.12. The van der Waals surface area contributed by atoms with Crippen LogP contribution in [0.1, 0.15) is 0 Å². The molecule has 2 heterocycles. The van der Waals surface area contributed by atoms with E-state index in [9.17, 15) is 0 Å². The molecule has 0 unspecified atom stereocenters. The van der Waals surface area contributed by atoms with Crippen LogP contribution in [-0.4, -0.2) is 56.4 Å². The summed E-state index contributed by atoms with van der Waals surface area (Å²) >= 11 is 0. The summed E-state index contributed by atoms with van der Waals surface area (Å²) in [5.41, 5.74) is 3.19. The minimum atomic E-state index is -1.10. The molecule has 0 aliphatic heterocycles. The van der Waals surface area contributed by atoms with E-state index in [4.69, 9.17) is 9.47 Å². The highest BCUT2D eigenvalue weighted by Crippen LogP contribution is 2.36. The van der Waals surface area contributed by atoms with Crippen molar-refractivity contribution in [2.24, 2.45) is 0 Å². The number of hydrogen-bond acceptors (Lipinski definition) is 4. The van der Waals surface area contributed by atoms with Gasteiger partial charge in [0.15, 0.2) is 0 Å². The zero-order valence-electron chi connectivity index (χ0n) is 18.3. The molecule has 0 spiro atoms. The average molecular weight is 412 g/mol. The van der Waals surface area contributed by atoms with Crippen LogP contribution in [-0.2, 0) is 11.5 Å². The third kappa shape index (κ3) is 5.92. The highest BCUT2D eigenvalue weighted by Gasteiger charge is 2.17. The minimum absolute atomic E-state index is 0.502. The number of hydrogen-bond donors (Lipinski definition) is 0. The summed E-state index contributed by atoms with van der Waals surface area (Å²) in [6, 6.07) is 13.5. The fraction of sp³-hybridized carbons (Fsp3) is 0.435. The molecule has 0 saturated heterocycles. The Labute approximate surface area is 175 Å². The van der Waals surface area contributed by atoms with E-state index in [0.29, 0.717) is 13.3 Å². The van der Waals surface area contributed by atoms with Crippen molar-refractivity contribution in [1.82, 2.24) is 14.5 Å². The maximum Gasteiger partial charge on any atom is 0.146 e. The van der Waals surface area contributed by atoms with Gasteiger partial charge in [-0.25, -0.2) is 4.98 Å². The van der Waals surface area contributed by atoms with Crippen molar-refractivity contribution < 1.29 is 9.47 Å². The van der Waals surface area contributed by atoms with E-state index in [1.807, 2.05) is 18.3 Å². The highest BCUT2D eigenvalue weighted by atomic mass is 28.3. The Balaban J connectivity index is 1.91. The number of benzene rings is 1. The van der Waals surface area contributed by atoms with E-state index in [-0.39, 0.29) is 0 Å². The predicted molar refractivity (Wildman–Crippen MR) is 123 cm³/mol. The minimum Gasteiger partial charge on any atom is -0.491 e.